The number of hydrogen-bond acceptors (Lipinski definition) is 9. The van der Waals surface area contributed by atoms with Crippen molar-refractivity contribution in [1.82, 2.24) is 0 Å². The molecule has 0 amide bonds. The highest BCUT2D eigenvalue weighted by atomic mass is 35.5. The Morgan fingerprint density at radius 1 is 1.17 bits per heavy atom. The smallest absolute Gasteiger partial charge is 0.335 e. The number of hydrogen-bond donors (Lipinski definition) is 5. The number of halogens is 1. The number of rotatable bonds is 5. The summed E-state index contributed by atoms with van der Waals surface area (Å²) in [5, 5.41) is 51.0. The van der Waals surface area contributed by atoms with E-state index >= 15 is 0 Å². The summed E-state index contributed by atoms with van der Waals surface area (Å²) in [6, 6.07) is 0. The number of carbonyl (C=O) groups excluding carboxylic acids is 1. The van der Waals surface area contributed by atoms with Crippen LogP contribution in [0.15, 0.2) is 35.4 Å². The molecule has 2 saturated heterocycles. The Kier molecular flexibility index (Phi) is 9.50. The fraction of sp³-hybridized carbons (Fsp3) is 0.667. The molecule has 0 aromatic carbocycles. The third-order valence-corrected chi connectivity index (χ3v) is 6.85. The maximum Gasteiger partial charge on any atom is 0.335 e. The first-order valence-electron chi connectivity index (χ1n) is 11.7. The van der Waals surface area contributed by atoms with Crippen LogP contribution in [0.1, 0.15) is 33.1 Å². The fourth-order valence-corrected chi connectivity index (χ4v) is 4.76. The van der Waals surface area contributed by atoms with Crippen LogP contribution < -0.4 is 0 Å². The van der Waals surface area contributed by atoms with Crippen molar-refractivity contribution in [2.75, 3.05) is 0 Å². The molecule has 0 aromatic rings. The highest BCUT2D eigenvalue weighted by Crippen LogP contribution is 2.35. The van der Waals surface area contributed by atoms with E-state index in [4.69, 9.17) is 30.9 Å². The van der Waals surface area contributed by atoms with Gasteiger partial charge in [0.1, 0.15) is 36.6 Å². The number of aliphatic hydroxyl groups excluding tert-OH is 4. The van der Waals surface area contributed by atoms with Crippen molar-refractivity contribution in [2.45, 2.75) is 88.0 Å². The SMILES string of the molecule is C[C@@H]1C[C@H]2O[C@H]1C(=O)O[C@H]1C[C@@H](O[C@H]1[C@H](O)/C=C/[C@H](C)CC(=O)O)[C@H](O)/C(Cl)=C\C=C/[C@@H](O)[C@H]2O. The van der Waals surface area contributed by atoms with E-state index < -0.39 is 66.9 Å². The Bertz CT molecular complexity index is 857. The largest absolute Gasteiger partial charge is 0.481 e. The van der Waals surface area contributed by atoms with E-state index in [9.17, 15) is 30.0 Å². The van der Waals surface area contributed by atoms with E-state index in [-0.39, 0.29) is 29.7 Å². The predicted molar refractivity (Wildman–Crippen MR) is 123 cm³/mol. The minimum absolute atomic E-state index is 0.0138. The predicted octanol–water partition coefficient (Wildman–Crippen LogP) is 0.652. The lowest BCUT2D eigenvalue weighted by Crippen LogP contribution is -2.40. The number of ether oxygens (including phenoxy) is 3. The molecule has 11 heteroatoms. The van der Waals surface area contributed by atoms with E-state index in [0.29, 0.717) is 6.42 Å². The molecule has 0 radical (unpaired) electrons. The van der Waals surface area contributed by atoms with Gasteiger partial charge >= 0.3 is 11.9 Å². The summed E-state index contributed by atoms with van der Waals surface area (Å²) in [4.78, 5) is 23.9. The quantitative estimate of drug-likeness (QED) is 0.259. The minimum Gasteiger partial charge on any atom is -0.481 e. The van der Waals surface area contributed by atoms with Crippen LogP contribution in [0, 0.1) is 11.8 Å². The summed E-state index contributed by atoms with van der Waals surface area (Å²) in [6.07, 6.45) is -2.65. The second-order valence-corrected chi connectivity index (χ2v) is 9.91. The molecule has 11 atom stereocenters. The Morgan fingerprint density at radius 3 is 2.57 bits per heavy atom. The molecule has 35 heavy (non-hydrogen) atoms. The van der Waals surface area contributed by atoms with Gasteiger partial charge in [-0.1, -0.05) is 49.8 Å². The van der Waals surface area contributed by atoms with E-state index in [0.717, 1.165) is 0 Å². The number of allylic oxidation sites excluding steroid dienone is 3. The van der Waals surface area contributed by atoms with Gasteiger partial charge in [-0.25, -0.2) is 4.79 Å². The zero-order chi connectivity index (χ0) is 25.9. The Morgan fingerprint density at radius 2 is 1.89 bits per heavy atom. The Labute approximate surface area is 208 Å². The van der Waals surface area contributed by atoms with Crippen LogP contribution in [-0.2, 0) is 23.8 Å². The lowest BCUT2D eigenvalue weighted by molar-refractivity contribution is -0.171. The van der Waals surface area contributed by atoms with Gasteiger partial charge in [-0.3, -0.25) is 4.79 Å². The standard InChI is InChI=1S/C24H33ClO10/c1-11(8-19(28)29)6-7-15(27)23-18-10-17(34-23)20(30)13(25)4-3-5-14(26)21(31)16-9-12(2)22(33-16)24(32)35-18/h3-7,11-12,14-18,20-23,26-27,30-31H,8-10H2,1-2H3,(H,28,29)/b5-3-,7-6+,13-4+/t11-,12+,14+,15+,16+,17+,18-,20+,21+,22+,23-/m0/s1. The zero-order valence-corrected chi connectivity index (χ0v) is 20.3. The molecule has 0 saturated carbocycles. The average molecular weight is 517 g/mol. The third kappa shape index (κ3) is 6.91. The summed E-state index contributed by atoms with van der Waals surface area (Å²) >= 11 is 6.21. The maximum atomic E-state index is 13.0. The van der Waals surface area contributed by atoms with E-state index in [1.54, 1.807) is 13.8 Å². The van der Waals surface area contributed by atoms with Crippen LogP contribution in [0.5, 0.6) is 0 Å². The molecule has 0 unspecified atom stereocenters. The topological polar surface area (TPSA) is 163 Å². The summed E-state index contributed by atoms with van der Waals surface area (Å²) in [5.41, 5.74) is 0. The molecule has 0 aliphatic carbocycles. The van der Waals surface area contributed by atoms with Crippen molar-refractivity contribution in [3.05, 3.63) is 35.4 Å². The number of carboxylic acids is 1. The monoisotopic (exact) mass is 516 g/mol. The van der Waals surface area contributed by atoms with Crippen LogP contribution in [0.3, 0.4) is 0 Å². The molecule has 3 heterocycles. The first-order valence-corrected chi connectivity index (χ1v) is 12.0. The number of fused-ring (bicyclic) bond motifs is 4. The second kappa shape index (κ2) is 12.0. The van der Waals surface area contributed by atoms with Crippen molar-refractivity contribution in [3.8, 4) is 0 Å². The molecule has 0 spiro atoms. The van der Waals surface area contributed by atoms with Gasteiger partial charge in [0.15, 0.2) is 6.10 Å². The Balaban J connectivity index is 1.86. The number of aliphatic carboxylic acids is 1. The first-order chi connectivity index (χ1) is 16.5. The molecule has 0 aromatic heterocycles. The van der Waals surface area contributed by atoms with Gasteiger partial charge in [-0.15, -0.1) is 0 Å². The molecule has 3 rings (SSSR count). The van der Waals surface area contributed by atoms with Gasteiger partial charge < -0.3 is 39.7 Å². The summed E-state index contributed by atoms with van der Waals surface area (Å²) < 4.78 is 17.2. The second-order valence-electron chi connectivity index (χ2n) is 9.47. The molecule has 4 bridgehead atoms. The van der Waals surface area contributed by atoms with E-state index in [1.165, 1.54) is 30.4 Å². The number of esters is 1. The zero-order valence-electron chi connectivity index (χ0n) is 19.5. The molecule has 10 nitrogen and oxygen atoms in total. The minimum atomic E-state index is -1.31. The number of carboxylic acid groups (broad SMARTS) is 1. The van der Waals surface area contributed by atoms with Gasteiger partial charge in [0.05, 0.1) is 18.6 Å². The highest BCUT2D eigenvalue weighted by Gasteiger charge is 2.48. The van der Waals surface area contributed by atoms with Crippen molar-refractivity contribution < 1.29 is 49.3 Å². The van der Waals surface area contributed by atoms with Crippen LogP contribution in [0.4, 0.5) is 0 Å². The van der Waals surface area contributed by atoms with Gasteiger partial charge in [-0.05, 0) is 24.3 Å². The lowest BCUT2D eigenvalue weighted by Gasteiger charge is -2.25. The van der Waals surface area contributed by atoms with Crippen LogP contribution >= 0.6 is 11.6 Å². The normalized spacial score (nSPS) is 42.4. The van der Waals surface area contributed by atoms with E-state index in [1.807, 2.05) is 0 Å². The molecule has 2 fully saturated rings. The van der Waals surface area contributed by atoms with Crippen molar-refractivity contribution in [3.63, 3.8) is 0 Å². The molecule has 3 aliphatic rings. The summed E-state index contributed by atoms with van der Waals surface area (Å²) in [7, 11) is 0. The van der Waals surface area contributed by atoms with E-state index in [2.05, 4.69) is 0 Å². The van der Waals surface area contributed by atoms with Crippen molar-refractivity contribution in [1.29, 1.82) is 0 Å². The molecular weight excluding hydrogens is 484 g/mol. The first kappa shape index (κ1) is 27.8. The fourth-order valence-electron chi connectivity index (χ4n) is 4.55. The number of aliphatic hydroxyl groups is 4. The summed E-state index contributed by atoms with van der Waals surface area (Å²) in [5.74, 6) is -2.34. The molecule has 3 aliphatic heterocycles. The highest BCUT2D eigenvalue weighted by molar-refractivity contribution is 6.30. The van der Waals surface area contributed by atoms with Crippen LogP contribution in [0.2, 0.25) is 0 Å². The lowest BCUT2D eigenvalue weighted by atomic mass is 9.97. The van der Waals surface area contributed by atoms with Crippen LogP contribution in [-0.4, -0.2) is 92.4 Å². The molecule has 196 valence electrons. The number of carbonyl (C=O) groups is 2. The van der Waals surface area contributed by atoms with Gasteiger partial charge in [0.2, 0.25) is 0 Å². The van der Waals surface area contributed by atoms with Gasteiger partial charge in [0.25, 0.3) is 0 Å². The van der Waals surface area contributed by atoms with Crippen molar-refractivity contribution in [2.24, 2.45) is 11.8 Å². The third-order valence-electron chi connectivity index (χ3n) is 6.50. The van der Waals surface area contributed by atoms with Crippen molar-refractivity contribution >= 4 is 23.5 Å². The maximum absolute atomic E-state index is 13.0. The van der Waals surface area contributed by atoms with Gasteiger partial charge in [0, 0.05) is 11.5 Å². The Hall–Kier alpha value is -1.79. The molecular formula is C24H33ClO10. The van der Waals surface area contributed by atoms with Crippen LogP contribution in [0.25, 0.3) is 0 Å². The summed E-state index contributed by atoms with van der Waals surface area (Å²) in [6.45, 7) is 3.45. The van der Waals surface area contributed by atoms with Gasteiger partial charge in [-0.2, -0.15) is 0 Å². The average Bonchev–Trinajstić information content (AvgIpc) is 3.38. The molecule has 5 N–H and O–H groups in total.